The molecule has 29 heavy (non-hydrogen) atoms. The molecule has 148 valence electrons. The zero-order valence-corrected chi connectivity index (χ0v) is 17.7. The Labute approximate surface area is 179 Å². The number of nitrogens with one attached hydrogen (secondary N) is 1. The number of hydrogen-bond donors (Lipinski definition) is 1. The summed E-state index contributed by atoms with van der Waals surface area (Å²) >= 11 is 8.41. The Hall–Kier alpha value is -1.91. The zero-order chi connectivity index (χ0) is 19.6. The van der Waals surface area contributed by atoms with E-state index in [1.807, 2.05) is 17.5 Å². The number of thiazole rings is 1. The largest absolute Gasteiger partial charge is 0.301 e. The quantitative estimate of drug-likeness (QED) is 0.491. The van der Waals surface area contributed by atoms with E-state index in [1.165, 1.54) is 28.5 Å². The van der Waals surface area contributed by atoms with Gasteiger partial charge in [-0.05, 0) is 67.2 Å². The van der Waals surface area contributed by atoms with E-state index in [0.717, 1.165) is 43.4 Å². The first-order chi connectivity index (χ1) is 14.0. The van der Waals surface area contributed by atoms with Crippen LogP contribution in [-0.2, 0) is 4.79 Å². The Morgan fingerprint density at radius 1 is 1.07 bits per heavy atom. The first-order valence-electron chi connectivity index (χ1n) is 10.5. The van der Waals surface area contributed by atoms with Gasteiger partial charge in [-0.15, -0.1) is 22.9 Å². The second-order valence-corrected chi connectivity index (χ2v) is 11.1. The zero-order valence-electron chi connectivity index (χ0n) is 16.2. The Bertz CT molecular complexity index is 1110. The van der Waals surface area contributed by atoms with Crippen LogP contribution in [0.3, 0.4) is 0 Å². The molecule has 0 spiro atoms. The van der Waals surface area contributed by atoms with Crippen molar-refractivity contribution in [2.24, 2.45) is 17.3 Å². The summed E-state index contributed by atoms with van der Waals surface area (Å²) in [5.41, 5.74) is 1.70. The Morgan fingerprint density at radius 2 is 1.83 bits per heavy atom. The highest BCUT2D eigenvalue weighted by Crippen LogP contribution is 2.64. The molecule has 4 bridgehead atoms. The third kappa shape index (κ3) is 3.00. The second kappa shape index (κ2) is 6.29. The summed E-state index contributed by atoms with van der Waals surface area (Å²) in [5.74, 6) is 1.36. The minimum atomic E-state index is -0.291. The molecule has 0 aliphatic heterocycles. The topological polar surface area (TPSA) is 42.0 Å². The van der Waals surface area contributed by atoms with E-state index >= 15 is 0 Å². The summed E-state index contributed by atoms with van der Waals surface area (Å²) in [6, 6.07) is 14.7. The second-order valence-electron chi connectivity index (χ2n) is 9.45. The predicted octanol–water partition coefficient (Wildman–Crippen LogP) is 6.48. The fourth-order valence-corrected chi connectivity index (χ4v) is 7.87. The van der Waals surface area contributed by atoms with E-state index in [0.29, 0.717) is 17.0 Å². The summed E-state index contributed by atoms with van der Waals surface area (Å²) in [5, 5.41) is 8.29. The molecule has 1 amide bonds. The summed E-state index contributed by atoms with van der Waals surface area (Å²) in [6.45, 7) is 0. The number of nitrogens with zero attached hydrogens (tertiary/aromatic N) is 1. The molecule has 4 aliphatic rings. The van der Waals surface area contributed by atoms with E-state index in [-0.39, 0.29) is 16.2 Å². The highest BCUT2D eigenvalue weighted by Gasteiger charge is 2.60. The van der Waals surface area contributed by atoms with Gasteiger partial charge in [0.05, 0.1) is 11.1 Å². The van der Waals surface area contributed by atoms with Crippen molar-refractivity contribution < 1.29 is 4.79 Å². The SMILES string of the molecule is O=C(Nc1nc(-c2ccc3ccccc3c2)cs1)C12C[C@@H]3C[C@@H](CC(Cl)(C3)C1)C2. The highest BCUT2D eigenvalue weighted by molar-refractivity contribution is 7.14. The van der Waals surface area contributed by atoms with E-state index in [9.17, 15) is 4.79 Å². The maximum absolute atomic E-state index is 13.3. The number of alkyl halides is 1. The molecule has 4 saturated carbocycles. The number of halogens is 1. The van der Waals surface area contributed by atoms with Crippen LogP contribution < -0.4 is 5.32 Å². The van der Waals surface area contributed by atoms with Crippen LogP contribution in [0.5, 0.6) is 0 Å². The number of benzene rings is 2. The number of fused-ring (bicyclic) bond motifs is 1. The number of amides is 1. The molecule has 0 saturated heterocycles. The lowest BCUT2D eigenvalue weighted by molar-refractivity contribution is -0.138. The Kier molecular flexibility index (Phi) is 3.89. The van der Waals surface area contributed by atoms with E-state index in [1.54, 1.807) is 0 Å². The number of carbonyl (C=O) groups is 1. The molecule has 2 aromatic carbocycles. The van der Waals surface area contributed by atoms with Crippen molar-refractivity contribution >= 4 is 44.7 Å². The maximum atomic E-state index is 13.3. The van der Waals surface area contributed by atoms with Crippen LogP contribution in [-0.4, -0.2) is 15.8 Å². The minimum absolute atomic E-state index is 0.135. The first kappa shape index (κ1) is 17.9. The molecular weight excluding hydrogens is 400 g/mol. The van der Waals surface area contributed by atoms with Gasteiger partial charge in [0.15, 0.2) is 5.13 Å². The number of carbonyl (C=O) groups excluding carboxylic acids is 1. The van der Waals surface area contributed by atoms with E-state index in [4.69, 9.17) is 16.6 Å². The van der Waals surface area contributed by atoms with Crippen molar-refractivity contribution in [2.45, 2.75) is 43.4 Å². The van der Waals surface area contributed by atoms with Crippen LogP contribution in [0.2, 0.25) is 0 Å². The van der Waals surface area contributed by atoms with Crippen molar-refractivity contribution in [3.8, 4) is 11.3 Å². The molecule has 1 N–H and O–H groups in total. The van der Waals surface area contributed by atoms with Gasteiger partial charge in [0, 0.05) is 15.8 Å². The van der Waals surface area contributed by atoms with Gasteiger partial charge in [-0.25, -0.2) is 4.98 Å². The molecule has 2 unspecified atom stereocenters. The molecule has 0 radical (unpaired) electrons. The molecule has 1 aromatic heterocycles. The fraction of sp³-hybridized carbons (Fsp3) is 0.417. The van der Waals surface area contributed by atoms with Gasteiger partial charge in [0.1, 0.15) is 0 Å². The van der Waals surface area contributed by atoms with Gasteiger partial charge in [-0.3, -0.25) is 4.79 Å². The number of hydrogen-bond acceptors (Lipinski definition) is 3. The molecular formula is C24H23ClN2OS. The van der Waals surface area contributed by atoms with E-state index < -0.39 is 0 Å². The number of aromatic nitrogens is 1. The highest BCUT2D eigenvalue weighted by atomic mass is 35.5. The standard InChI is InChI=1S/C24H23ClN2OS/c25-24-11-15-7-16(12-24)10-23(9-15,14-24)21(28)27-22-26-20(13-29-22)19-6-5-17-3-1-2-4-18(17)8-19/h1-6,8,13,15-16H,7,9-12,14H2,(H,26,27,28)/t15-,16+,23?,24?. The predicted molar refractivity (Wildman–Crippen MR) is 119 cm³/mol. The normalized spacial score (nSPS) is 32.6. The van der Waals surface area contributed by atoms with Crippen LogP contribution in [0.25, 0.3) is 22.0 Å². The van der Waals surface area contributed by atoms with Crippen molar-refractivity contribution in [3.63, 3.8) is 0 Å². The van der Waals surface area contributed by atoms with Gasteiger partial charge in [-0.2, -0.15) is 0 Å². The molecule has 3 aromatic rings. The third-order valence-electron chi connectivity index (χ3n) is 7.24. The van der Waals surface area contributed by atoms with Gasteiger partial charge in [0.25, 0.3) is 0 Å². The average molecular weight is 423 g/mol. The maximum Gasteiger partial charge on any atom is 0.232 e. The van der Waals surface area contributed by atoms with Crippen LogP contribution in [0, 0.1) is 17.3 Å². The van der Waals surface area contributed by atoms with Crippen molar-refractivity contribution in [3.05, 3.63) is 47.8 Å². The van der Waals surface area contributed by atoms with Crippen molar-refractivity contribution in [1.29, 1.82) is 0 Å². The molecule has 7 rings (SSSR count). The van der Waals surface area contributed by atoms with Gasteiger partial charge in [-0.1, -0.05) is 36.4 Å². The summed E-state index contributed by atoms with van der Waals surface area (Å²) in [6.07, 6.45) is 6.24. The van der Waals surface area contributed by atoms with Crippen LogP contribution >= 0.6 is 22.9 Å². The molecule has 5 heteroatoms. The molecule has 3 nitrogen and oxygen atoms in total. The van der Waals surface area contributed by atoms with Gasteiger partial charge >= 0.3 is 0 Å². The number of rotatable bonds is 3. The fourth-order valence-electron chi connectivity index (χ4n) is 6.46. The molecule has 4 fully saturated rings. The lowest BCUT2D eigenvalue weighted by Gasteiger charge is -2.59. The Balaban J connectivity index is 1.25. The third-order valence-corrected chi connectivity index (χ3v) is 8.44. The molecule has 4 atom stereocenters. The lowest BCUT2D eigenvalue weighted by Crippen LogP contribution is -2.57. The van der Waals surface area contributed by atoms with E-state index in [2.05, 4.69) is 35.6 Å². The summed E-state index contributed by atoms with van der Waals surface area (Å²) < 4.78 is 0. The van der Waals surface area contributed by atoms with Crippen molar-refractivity contribution in [1.82, 2.24) is 4.98 Å². The molecule has 4 aliphatic carbocycles. The van der Waals surface area contributed by atoms with Gasteiger partial charge in [0.2, 0.25) is 5.91 Å². The van der Waals surface area contributed by atoms with Crippen LogP contribution in [0.4, 0.5) is 5.13 Å². The lowest BCUT2D eigenvalue weighted by atomic mass is 9.49. The Morgan fingerprint density at radius 3 is 2.59 bits per heavy atom. The summed E-state index contributed by atoms with van der Waals surface area (Å²) in [4.78, 5) is 17.9. The van der Waals surface area contributed by atoms with Crippen LogP contribution in [0.15, 0.2) is 47.8 Å². The number of anilines is 1. The van der Waals surface area contributed by atoms with Gasteiger partial charge < -0.3 is 5.32 Å². The average Bonchev–Trinajstić information content (AvgIpc) is 3.14. The van der Waals surface area contributed by atoms with Crippen molar-refractivity contribution in [2.75, 3.05) is 5.32 Å². The molecule has 1 heterocycles. The van der Waals surface area contributed by atoms with Crippen LogP contribution in [0.1, 0.15) is 38.5 Å². The minimum Gasteiger partial charge on any atom is -0.301 e. The summed E-state index contributed by atoms with van der Waals surface area (Å²) in [7, 11) is 0. The first-order valence-corrected chi connectivity index (χ1v) is 11.7. The smallest absolute Gasteiger partial charge is 0.232 e. The monoisotopic (exact) mass is 422 g/mol.